The van der Waals surface area contributed by atoms with Crippen molar-refractivity contribution in [3.8, 4) is 45.0 Å². The quantitative estimate of drug-likeness (QED) is 0.173. The Balaban J connectivity index is 0.987. The standard InChI is InChI=1S/C50H34N2S/c1-3-11-33(12-4-1)34-21-23-36(24-22-34)45-32-46(52-50(51-45)37-14-5-2-6-15-37)42-19-10-18-40(30-42)38-16-9-17-39(29-38)41-26-27-47-44(31-41)49-43-20-8-7-13-35(43)25-28-48(49)53-47/h1-28,30-32,38H,29H2. The number of benzene rings is 7. The Morgan fingerprint density at radius 3 is 1.96 bits per heavy atom. The minimum atomic E-state index is 0.256. The third-order valence-electron chi connectivity index (χ3n) is 10.5. The summed E-state index contributed by atoms with van der Waals surface area (Å²) in [6.45, 7) is 0. The van der Waals surface area contributed by atoms with Crippen LogP contribution in [0.4, 0.5) is 0 Å². The molecule has 9 aromatic rings. The number of allylic oxidation sites excluding steroid dienone is 4. The third-order valence-corrected chi connectivity index (χ3v) is 11.6. The summed E-state index contributed by atoms with van der Waals surface area (Å²) in [5, 5.41) is 5.33. The van der Waals surface area contributed by atoms with Crippen LogP contribution in [0, 0.1) is 0 Å². The van der Waals surface area contributed by atoms with E-state index in [1.807, 2.05) is 29.5 Å². The molecule has 2 nitrogen and oxygen atoms in total. The second-order valence-corrected chi connectivity index (χ2v) is 14.8. The Morgan fingerprint density at radius 2 is 1.13 bits per heavy atom. The summed E-state index contributed by atoms with van der Waals surface area (Å²) in [5.41, 5.74) is 11.3. The number of hydrogen-bond donors (Lipinski definition) is 0. The predicted molar refractivity (Wildman–Crippen MR) is 225 cm³/mol. The molecular weight excluding hydrogens is 661 g/mol. The zero-order valence-corrected chi connectivity index (χ0v) is 29.8. The lowest BCUT2D eigenvalue weighted by atomic mass is 9.84. The van der Waals surface area contributed by atoms with Gasteiger partial charge < -0.3 is 0 Å². The van der Waals surface area contributed by atoms with Crippen LogP contribution in [0.2, 0.25) is 0 Å². The highest BCUT2D eigenvalue weighted by molar-refractivity contribution is 7.26. The van der Waals surface area contributed by atoms with Gasteiger partial charge in [0.05, 0.1) is 11.4 Å². The van der Waals surface area contributed by atoms with Crippen LogP contribution >= 0.6 is 11.3 Å². The summed E-state index contributed by atoms with van der Waals surface area (Å²) in [4.78, 5) is 10.2. The van der Waals surface area contributed by atoms with Crippen LogP contribution in [0.3, 0.4) is 0 Å². The van der Waals surface area contributed by atoms with Gasteiger partial charge in [-0.1, -0.05) is 158 Å². The lowest BCUT2D eigenvalue weighted by Gasteiger charge is -2.20. The van der Waals surface area contributed by atoms with E-state index in [9.17, 15) is 0 Å². The highest BCUT2D eigenvalue weighted by Gasteiger charge is 2.18. The Labute approximate surface area is 313 Å². The summed E-state index contributed by atoms with van der Waals surface area (Å²) in [6.07, 6.45) is 7.80. The number of fused-ring (bicyclic) bond motifs is 5. The first-order valence-corrected chi connectivity index (χ1v) is 19.0. The van der Waals surface area contributed by atoms with Gasteiger partial charge in [0.25, 0.3) is 0 Å². The molecule has 1 unspecified atom stereocenters. The van der Waals surface area contributed by atoms with Crippen LogP contribution in [0.1, 0.15) is 23.5 Å². The maximum absolute atomic E-state index is 5.14. The second kappa shape index (κ2) is 13.3. The zero-order valence-electron chi connectivity index (χ0n) is 29.0. The molecule has 250 valence electrons. The molecule has 1 aliphatic carbocycles. The fourth-order valence-corrected chi connectivity index (χ4v) is 8.82. The molecule has 0 amide bonds. The summed E-state index contributed by atoms with van der Waals surface area (Å²) < 4.78 is 2.68. The first kappa shape index (κ1) is 31.3. The fourth-order valence-electron chi connectivity index (χ4n) is 7.72. The van der Waals surface area contributed by atoms with Crippen LogP contribution < -0.4 is 0 Å². The number of hydrogen-bond acceptors (Lipinski definition) is 3. The summed E-state index contributed by atoms with van der Waals surface area (Å²) in [6, 6.07) is 60.8. The van der Waals surface area contributed by atoms with E-state index >= 15 is 0 Å². The molecule has 10 rings (SSSR count). The average molecular weight is 695 g/mol. The van der Waals surface area contributed by atoms with Gasteiger partial charge in [-0.3, -0.25) is 0 Å². The van der Waals surface area contributed by atoms with Crippen LogP contribution in [-0.2, 0) is 0 Å². The fraction of sp³-hybridized carbons (Fsp3) is 0.0400. The Hall–Kier alpha value is -6.42. The molecule has 2 aromatic heterocycles. The third kappa shape index (κ3) is 5.95. The van der Waals surface area contributed by atoms with E-state index in [0.29, 0.717) is 0 Å². The van der Waals surface area contributed by atoms with Crippen LogP contribution in [0.5, 0.6) is 0 Å². The number of thiophene rings is 1. The van der Waals surface area contributed by atoms with Gasteiger partial charge in [-0.05, 0) is 75.4 Å². The molecule has 0 bridgehead atoms. The number of rotatable bonds is 6. The molecule has 0 spiro atoms. The molecule has 3 heteroatoms. The largest absolute Gasteiger partial charge is 0.228 e. The van der Waals surface area contributed by atoms with Gasteiger partial charge in [-0.25, -0.2) is 9.97 Å². The van der Waals surface area contributed by atoms with E-state index in [-0.39, 0.29) is 5.92 Å². The second-order valence-electron chi connectivity index (χ2n) is 13.8. The van der Waals surface area contributed by atoms with Gasteiger partial charge in [0.15, 0.2) is 5.82 Å². The molecule has 0 saturated carbocycles. The van der Waals surface area contributed by atoms with Gasteiger partial charge in [0.1, 0.15) is 0 Å². The van der Waals surface area contributed by atoms with E-state index in [1.165, 1.54) is 58.8 Å². The van der Waals surface area contributed by atoms with Gasteiger partial charge in [0.2, 0.25) is 0 Å². The van der Waals surface area contributed by atoms with Crippen molar-refractivity contribution in [3.05, 3.63) is 199 Å². The molecule has 0 saturated heterocycles. The first-order chi connectivity index (χ1) is 26.2. The highest BCUT2D eigenvalue weighted by atomic mass is 32.1. The number of nitrogens with zero attached hydrogens (tertiary/aromatic N) is 2. The van der Waals surface area contributed by atoms with Gasteiger partial charge >= 0.3 is 0 Å². The van der Waals surface area contributed by atoms with E-state index in [1.54, 1.807) is 0 Å². The van der Waals surface area contributed by atoms with Crippen molar-refractivity contribution in [2.24, 2.45) is 0 Å². The normalized spacial score (nSPS) is 14.2. The maximum atomic E-state index is 5.14. The molecule has 7 aromatic carbocycles. The lowest BCUT2D eigenvalue weighted by Crippen LogP contribution is -2.02. The molecule has 0 fully saturated rings. The Morgan fingerprint density at radius 1 is 0.472 bits per heavy atom. The minimum absolute atomic E-state index is 0.256. The summed E-state index contributed by atoms with van der Waals surface area (Å²) >= 11 is 1.88. The summed E-state index contributed by atoms with van der Waals surface area (Å²) in [7, 11) is 0. The molecule has 53 heavy (non-hydrogen) atoms. The van der Waals surface area contributed by atoms with E-state index < -0.39 is 0 Å². The van der Waals surface area contributed by atoms with Crippen LogP contribution in [0.15, 0.2) is 188 Å². The average Bonchev–Trinajstić information content (AvgIpc) is 3.63. The smallest absolute Gasteiger partial charge is 0.160 e. The lowest BCUT2D eigenvalue weighted by molar-refractivity contribution is 0.868. The van der Waals surface area contributed by atoms with Crippen molar-refractivity contribution in [2.75, 3.05) is 0 Å². The highest BCUT2D eigenvalue weighted by Crippen LogP contribution is 2.42. The van der Waals surface area contributed by atoms with Gasteiger partial charge in [-0.15, -0.1) is 11.3 Å². The van der Waals surface area contributed by atoms with Crippen molar-refractivity contribution in [1.82, 2.24) is 9.97 Å². The maximum Gasteiger partial charge on any atom is 0.160 e. The molecule has 0 aliphatic heterocycles. The van der Waals surface area contributed by atoms with Crippen molar-refractivity contribution in [2.45, 2.75) is 12.3 Å². The van der Waals surface area contributed by atoms with Crippen molar-refractivity contribution < 1.29 is 0 Å². The van der Waals surface area contributed by atoms with E-state index in [4.69, 9.17) is 9.97 Å². The predicted octanol–water partition coefficient (Wildman–Crippen LogP) is 13.8. The zero-order chi connectivity index (χ0) is 35.1. The SMILES string of the molecule is C1=CC(c2cccc(-c3cc(-c4ccc(-c5ccccc5)cc4)nc(-c4ccccc4)n3)c2)CC(c2ccc3sc4ccc5ccccc5c4c3c2)=C1. The van der Waals surface area contributed by atoms with Crippen molar-refractivity contribution in [3.63, 3.8) is 0 Å². The van der Waals surface area contributed by atoms with Crippen LogP contribution in [-0.4, -0.2) is 9.97 Å². The van der Waals surface area contributed by atoms with Gasteiger partial charge in [0, 0.05) is 42.8 Å². The Bertz CT molecular complexity index is 2850. The van der Waals surface area contributed by atoms with E-state index in [2.05, 4.69) is 170 Å². The molecule has 1 aliphatic rings. The molecular formula is C50H34N2S. The molecule has 0 radical (unpaired) electrons. The van der Waals surface area contributed by atoms with Gasteiger partial charge in [-0.2, -0.15) is 0 Å². The van der Waals surface area contributed by atoms with Crippen LogP contribution in [0.25, 0.3) is 81.5 Å². The molecule has 1 atom stereocenters. The van der Waals surface area contributed by atoms with Crippen molar-refractivity contribution in [1.29, 1.82) is 0 Å². The minimum Gasteiger partial charge on any atom is -0.228 e. The number of aromatic nitrogens is 2. The molecule has 0 N–H and O–H groups in total. The topological polar surface area (TPSA) is 25.8 Å². The van der Waals surface area contributed by atoms with Crippen molar-refractivity contribution >= 4 is 47.9 Å². The summed E-state index contributed by atoms with van der Waals surface area (Å²) in [5.74, 6) is 0.980. The first-order valence-electron chi connectivity index (χ1n) is 18.2. The monoisotopic (exact) mass is 694 g/mol. The van der Waals surface area contributed by atoms with E-state index in [0.717, 1.165) is 40.3 Å². The molecule has 2 heterocycles. The Kier molecular flexibility index (Phi) is 7.85.